The fourth-order valence-electron chi connectivity index (χ4n) is 2.96. The molecule has 0 aliphatic rings. The maximum absolute atomic E-state index is 14.7. The zero-order chi connectivity index (χ0) is 21.6. The van der Waals surface area contributed by atoms with Gasteiger partial charge in [-0.25, -0.2) is 22.2 Å². The van der Waals surface area contributed by atoms with Gasteiger partial charge < -0.3 is 0 Å². The minimum Gasteiger partial charge on any atom is -0.276 e. The number of benzene rings is 2. The Morgan fingerprint density at radius 2 is 1.97 bits per heavy atom. The van der Waals surface area contributed by atoms with Crippen LogP contribution in [0.4, 0.5) is 4.39 Å². The smallest absolute Gasteiger partial charge is 0.267 e. The molecule has 30 heavy (non-hydrogen) atoms. The Morgan fingerprint density at radius 3 is 2.63 bits per heavy atom. The van der Waals surface area contributed by atoms with Gasteiger partial charge in [0.2, 0.25) is 10.0 Å². The summed E-state index contributed by atoms with van der Waals surface area (Å²) in [4.78, 5) is 12.1. The Morgan fingerprint density at radius 1 is 1.20 bits per heavy atom. The van der Waals surface area contributed by atoms with Crippen molar-refractivity contribution in [2.75, 3.05) is 6.26 Å². The minimum absolute atomic E-state index is 0.00874. The molecule has 1 amide bonds. The maximum atomic E-state index is 14.7. The number of sulfonamides is 1. The Kier molecular flexibility index (Phi) is 5.00. The van der Waals surface area contributed by atoms with E-state index in [1.807, 2.05) is 0 Å². The summed E-state index contributed by atoms with van der Waals surface area (Å²) < 4.78 is 40.3. The number of fused-ring (bicyclic) bond motifs is 1. The molecule has 2 aromatic carbocycles. The average molecular weight is 468 g/mol. The number of halogens is 3. The lowest BCUT2D eigenvalue weighted by Gasteiger charge is -2.10. The van der Waals surface area contributed by atoms with Crippen molar-refractivity contribution in [3.63, 3.8) is 0 Å². The van der Waals surface area contributed by atoms with Crippen molar-refractivity contribution in [1.82, 2.24) is 24.7 Å². The maximum Gasteiger partial charge on any atom is 0.267 e. The van der Waals surface area contributed by atoms with Gasteiger partial charge in [0.05, 0.1) is 33.7 Å². The number of carbonyl (C=O) groups excluding carboxylic acids is 1. The Labute approximate surface area is 179 Å². The topological polar surface area (TPSA) is 110 Å². The van der Waals surface area contributed by atoms with Crippen LogP contribution in [-0.4, -0.2) is 40.6 Å². The van der Waals surface area contributed by atoms with E-state index in [0.717, 1.165) is 18.4 Å². The third-order valence-electron chi connectivity index (χ3n) is 4.19. The van der Waals surface area contributed by atoms with E-state index in [0.29, 0.717) is 27.3 Å². The van der Waals surface area contributed by atoms with E-state index in [1.54, 1.807) is 35.2 Å². The molecule has 0 saturated carbocycles. The number of carbonyl (C=O) groups is 1. The van der Waals surface area contributed by atoms with Crippen molar-refractivity contribution in [1.29, 1.82) is 0 Å². The first-order chi connectivity index (χ1) is 14.1. The van der Waals surface area contributed by atoms with Crippen LogP contribution in [0.5, 0.6) is 0 Å². The van der Waals surface area contributed by atoms with Crippen LogP contribution in [0.3, 0.4) is 0 Å². The highest BCUT2D eigenvalue weighted by Gasteiger charge is 2.21. The summed E-state index contributed by atoms with van der Waals surface area (Å²) in [6.45, 7) is 0. The Balaban J connectivity index is 1.89. The second-order valence-electron chi connectivity index (χ2n) is 6.38. The zero-order valence-corrected chi connectivity index (χ0v) is 17.5. The highest BCUT2D eigenvalue weighted by Crippen LogP contribution is 2.33. The molecule has 0 unspecified atom stereocenters. The quantitative estimate of drug-likeness (QED) is 0.476. The monoisotopic (exact) mass is 467 g/mol. The number of aromatic nitrogens is 4. The molecule has 2 heterocycles. The fraction of sp³-hybridized carbons (Fsp3) is 0.0556. The Hall–Kier alpha value is -2.95. The second-order valence-corrected chi connectivity index (χ2v) is 8.97. The number of nitrogens with one attached hydrogen (secondary N) is 2. The van der Waals surface area contributed by atoms with Gasteiger partial charge in [0.1, 0.15) is 11.5 Å². The summed E-state index contributed by atoms with van der Waals surface area (Å²) in [6.07, 6.45) is 2.35. The van der Waals surface area contributed by atoms with E-state index in [4.69, 9.17) is 23.2 Å². The number of rotatable bonds is 4. The molecule has 12 heteroatoms. The van der Waals surface area contributed by atoms with E-state index >= 15 is 0 Å². The number of hydrogen-bond donors (Lipinski definition) is 2. The number of H-pyrrole nitrogens is 1. The highest BCUT2D eigenvalue weighted by molar-refractivity contribution is 7.89. The van der Waals surface area contributed by atoms with Crippen LogP contribution < -0.4 is 4.72 Å². The molecule has 0 aliphatic heterocycles. The first-order valence-corrected chi connectivity index (χ1v) is 11.0. The average Bonchev–Trinajstić information content (AvgIpc) is 3.29. The predicted octanol–water partition coefficient (Wildman–Crippen LogP) is 3.55. The molecule has 8 nitrogen and oxygen atoms in total. The summed E-state index contributed by atoms with van der Waals surface area (Å²) in [7, 11) is -3.87. The Bertz CT molecular complexity index is 1400. The lowest BCUT2D eigenvalue weighted by molar-refractivity contribution is 0.0978. The van der Waals surface area contributed by atoms with Crippen molar-refractivity contribution < 1.29 is 17.6 Å². The predicted molar refractivity (Wildman–Crippen MR) is 111 cm³/mol. The van der Waals surface area contributed by atoms with Gasteiger partial charge >= 0.3 is 0 Å². The van der Waals surface area contributed by atoms with Crippen LogP contribution >= 0.6 is 23.2 Å². The number of aromatic amines is 1. The number of nitrogens with zero attached hydrogens (tertiary/aromatic N) is 3. The van der Waals surface area contributed by atoms with E-state index in [1.165, 1.54) is 4.68 Å². The third kappa shape index (κ3) is 3.76. The van der Waals surface area contributed by atoms with E-state index in [9.17, 15) is 17.6 Å². The molecule has 2 N–H and O–H groups in total. The van der Waals surface area contributed by atoms with Crippen LogP contribution in [0.1, 0.15) is 10.4 Å². The van der Waals surface area contributed by atoms with Crippen molar-refractivity contribution in [3.05, 3.63) is 64.0 Å². The van der Waals surface area contributed by atoms with Gasteiger partial charge in [0.15, 0.2) is 0 Å². The molecular formula is C18H12Cl2FN5O3S. The molecule has 0 saturated heterocycles. The van der Waals surface area contributed by atoms with Crippen LogP contribution in [0, 0.1) is 5.82 Å². The van der Waals surface area contributed by atoms with E-state index < -0.39 is 27.3 Å². The largest absolute Gasteiger partial charge is 0.276 e. The van der Waals surface area contributed by atoms with Gasteiger partial charge in [-0.2, -0.15) is 10.2 Å². The molecule has 0 aliphatic carbocycles. The SMILES string of the molecule is CS(=O)(=O)NC(=O)c1cc(Cl)c(-n2nc(-c3ccn[nH]3)c3cc(Cl)ccc32)cc1F. The molecule has 4 aromatic rings. The molecule has 0 radical (unpaired) electrons. The van der Waals surface area contributed by atoms with Crippen molar-refractivity contribution in [3.8, 4) is 17.1 Å². The fourth-order valence-corrected chi connectivity index (χ4v) is 3.82. The number of hydrogen-bond acceptors (Lipinski definition) is 5. The first-order valence-electron chi connectivity index (χ1n) is 8.33. The van der Waals surface area contributed by atoms with Crippen LogP contribution in [0.15, 0.2) is 42.6 Å². The standard InChI is InChI=1S/C18H12Cl2FN5O3S/c1-30(28,29)25-18(27)10-7-12(20)16(8-13(10)21)26-15-3-2-9(19)6-11(15)17(24-26)14-4-5-22-23-14/h2-8H,1H3,(H,22,23)(H,25,27). The molecule has 0 spiro atoms. The summed E-state index contributed by atoms with van der Waals surface area (Å²) >= 11 is 12.4. The minimum atomic E-state index is -3.87. The highest BCUT2D eigenvalue weighted by atomic mass is 35.5. The van der Waals surface area contributed by atoms with Gasteiger partial charge in [0, 0.05) is 22.7 Å². The summed E-state index contributed by atoms with van der Waals surface area (Å²) in [5.41, 5.74) is 1.35. The van der Waals surface area contributed by atoms with Gasteiger partial charge in [0.25, 0.3) is 5.91 Å². The van der Waals surface area contributed by atoms with Gasteiger partial charge in [-0.05, 0) is 30.3 Å². The molecule has 0 fully saturated rings. The van der Waals surface area contributed by atoms with Crippen molar-refractivity contribution >= 4 is 50.0 Å². The molecular weight excluding hydrogens is 456 g/mol. The zero-order valence-electron chi connectivity index (χ0n) is 15.1. The molecule has 4 rings (SSSR count). The van der Waals surface area contributed by atoms with E-state index in [2.05, 4.69) is 15.3 Å². The number of amides is 1. The molecule has 154 valence electrons. The first kappa shape index (κ1) is 20.3. The van der Waals surface area contributed by atoms with Gasteiger partial charge in [-0.15, -0.1) is 0 Å². The lowest BCUT2D eigenvalue weighted by Crippen LogP contribution is -2.30. The third-order valence-corrected chi connectivity index (χ3v) is 5.28. The lowest BCUT2D eigenvalue weighted by atomic mass is 10.1. The van der Waals surface area contributed by atoms with Crippen molar-refractivity contribution in [2.45, 2.75) is 0 Å². The van der Waals surface area contributed by atoms with Crippen LogP contribution in [-0.2, 0) is 10.0 Å². The summed E-state index contributed by atoms with van der Waals surface area (Å²) in [6, 6.07) is 8.83. The normalized spacial score (nSPS) is 11.7. The van der Waals surface area contributed by atoms with Crippen LogP contribution in [0.2, 0.25) is 10.0 Å². The van der Waals surface area contributed by atoms with Crippen molar-refractivity contribution in [2.24, 2.45) is 0 Å². The van der Waals surface area contributed by atoms with Gasteiger partial charge in [-0.1, -0.05) is 23.2 Å². The van der Waals surface area contributed by atoms with Crippen LogP contribution in [0.25, 0.3) is 28.0 Å². The molecule has 2 aromatic heterocycles. The summed E-state index contributed by atoms with van der Waals surface area (Å²) in [5, 5.41) is 12.4. The van der Waals surface area contributed by atoms with E-state index in [-0.39, 0.29) is 10.7 Å². The molecule has 0 bridgehead atoms. The second kappa shape index (κ2) is 7.38. The molecule has 0 atom stereocenters. The van der Waals surface area contributed by atoms with Gasteiger partial charge in [-0.3, -0.25) is 9.89 Å². The summed E-state index contributed by atoms with van der Waals surface area (Å²) in [5.74, 6) is -2.09.